The van der Waals surface area contributed by atoms with E-state index in [4.69, 9.17) is 4.74 Å². The zero-order valence-electron chi connectivity index (χ0n) is 15.8. The van der Waals surface area contributed by atoms with Crippen LogP contribution in [0, 0.1) is 0 Å². The Morgan fingerprint density at radius 2 is 1.93 bits per heavy atom. The molecule has 1 amide bonds. The number of aromatic nitrogens is 3. The lowest BCUT2D eigenvalue weighted by atomic mass is 10.1. The number of carbonyl (C=O) groups excluding carboxylic acids is 1. The molecule has 0 aliphatic carbocycles. The molecule has 0 saturated heterocycles. The number of anilines is 4. The van der Waals surface area contributed by atoms with E-state index in [1.807, 2.05) is 48.5 Å². The number of rotatable bonds is 8. The highest BCUT2D eigenvalue weighted by molar-refractivity contribution is 5.89. The van der Waals surface area contributed by atoms with Crippen LogP contribution in [0.3, 0.4) is 0 Å². The third-order valence-electron chi connectivity index (χ3n) is 3.85. The number of hydrogen-bond acceptors (Lipinski definition) is 7. The largest absolute Gasteiger partial charge is 0.497 e. The Labute approximate surface area is 163 Å². The molecule has 8 nitrogen and oxygen atoms in total. The smallest absolute Gasteiger partial charge is 0.244 e. The number of amides is 1. The summed E-state index contributed by atoms with van der Waals surface area (Å²) in [4.78, 5) is 15.6. The molecule has 0 aliphatic rings. The molecule has 0 saturated carbocycles. The van der Waals surface area contributed by atoms with Crippen molar-refractivity contribution in [1.29, 1.82) is 0 Å². The lowest BCUT2D eigenvalue weighted by Crippen LogP contribution is -2.10. The highest BCUT2D eigenvalue weighted by Crippen LogP contribution is 2.19. The van der Waals surface area contributed by atoms with Gasteiger partial charge in [-0.25, -0.2) is 0 Å². The predicted octanol–water partition coefficient (Wildman–Crippen LogP) is 3.24. The molecule has 3 aromatic rings. The maximum absolute atomic E-state index is 11.2. The van der Waals surface area contributed by atoms with Gasteiger partial charge in [0.15, 0.2) is 5.82 Å². The standard InChI is InChI=1S/C20H22N6O2/c1-14(27)23-16-6-4-7-17(12-16)24-19-13-22-26-20(25-19)21-10-9-15-5-3-8-18(11-15)28-2/h3-8,11-13H,9-10H2,1-2H3,(H,23,27)(H2,21,24,25,26). The zero-order chi connectivity index (χ0) is 19.8. The van der Waals surface area contributed by atoms with Gasteiger partial charge < -0.3 is 20.7 Å². The fourth-order valence-corrected chi connectivity index (χ4v) is 2.61. The Hall–Kier alpha value is -3.68. The lowest BCUT2D eigenvalue weighted by molar-refractivity contribution is -0.114. The Bertz CT molecular complexity index is 947. The van der Waals surface area contributed by atoms with Gasteiger partial charge in [-0.15, -0.1) is 5.10 Å². The molecule has 0 spiro atoms. The van der Waals surface area contributed by atoms with Gasteiger partial charge in [0, 0.05) is 24.8 Å². The van der Waals surface area contributed by atoms with Crippen LogP contribution in [0.5, 0.6) is 5.75 Å². The minimum atomic E-state index is -0.122. The Kier molecular flexibility index (Phi) is 6.35. The van der Waals surface area contributed by atoms with E-state index in [0.717, 1.165) is 23.4 Å². The van der Waals surface area contributed by atoms with Gasteiger partial charge in [0.25, 0.3) is 0 Å². The first kappa shape index (κ1) is 19.1. The fourth-order valence-electron chi connectivity index (χ4n) is 2.61. The summed E-state index contributed by atoms with van der Waals surface area (Å²) in [5.74, 6) is 1.70. The van der Waals surface area contributed by atoms with E-state index in [1.165, 1.54) is 13.1 Å². The summed E-state index contributed by atoms with van der Waals surface area (Å²) in [6, 6.07) is 15.3. The molecule has 3 rings (SSSR count). The highest BCUT2D eigenvalue weighted by atomic mass is 16.5. The van der Waals surface area contributed by atoms with E-state index in [-0.39, 0.29) is 5.91 Å². The second-order valence-corrected chi connectivity index (χ2v) is 6.08. The van der Waals surface area contributed by atoms with Gasteiger partial charge >= 0.3 is 0 Å². The first-order chi connectivity index (χ1) is 13.6. The van der Waals surface area contributed by atoms with Crippen molar-refractivity contribution in [3.05, 3.63) is 60.3 Å². The third kappa shape index (κ3) is 5.66. The minimum absolute atomic E-state index is 0.122. The summed E-state index contributed by atoms with van der Waals surface area (Å²) in [6.07, 6.45) is 2.34. The van der Waals surface area contributed by atoms with E-state index in [2.05, 4.69) is 31.1 Å². The van der Waals surface area contributed by atoms with Crippen LogP contribution in [0.1, 0.15) is 12.5 Å². The summed E-state index contributed by atoms with van der Waals surface area (Å²) in [6.45, 7) is 2.13. The monoisotopic (exact) mass is 378 g/mol. The number of ether oxygens (including phenoxy) is 1. The molecule has 0 unspecified atom stereocenters. The number of carbonyl (C=O) groups is 1. The molecule has 8 heteroatoms. The van der Waals surface area contributed by atoms with Crippen LogP contribution in [-0.2, 0) is 11.2 Å². The molecular formula is C20H22N6O2. The molecule has 0 fully saturated rings. The molecule has 1 heterocycles. The molecule has 0 radical (unpaired) electrons. The number of benzene rings is 2. The second kappa shape index (κ2) is 9.31. The van der Waals surface area contributed by atoms with Crippen LogP contribution in [-0.4, -0.2) is 34.7 Å². The van der Waals surface area contributed by atoms with Crippen LogP contribution in [0.2, 0.25) is 0 Å². The van der Waals surface area contributed by atoms with Crippen molar-refractivity contribution < 1.29 is 9.53 Å². The van der Waals surface area contributed by atoms with Crippen molar-refractivity contribution in [2.24, 2.45) is 0 Å². The van der Waals surface area contributed by atoms with Gasteiger partial charge in [0.2, 0.25) is 11.9 Å². The number of hydrogen-bond donors (Lipinski definition) is 3. The molecule has 2 aromatic carbocycles. The predicted molar refractivity (Wildman–Crippen MR) is 109 cm³/mol. The Morgan fingerprint density at radius 1 is 1.11 bits per heavy atom. The third-order valence-corrected chi connectivity index (χ3v) is 3.85. The van der Waals surface area contributed by atoms with E-state index in [9.17, 15) is 4.79 Å². The molecule has 3 N–H and O–H groups in total. The van der Waals surface area contributed by atoms with Crippen molar-refractivity contribution in [1.82, 2.24) is 15.2 Å². The molecular weight excluding hydrogens is 356 g/mol. The summed E-state index contributed by atoms with van der Waals surface area (Å²) < 4.78 is 5.23. The average Bonchev–Trinajstić information content (AvgIpc) is 2.68. The van der Waals surface area contributed by atoms with Gasteiger partial charge in [-0.2, -0.15) is 10.1 Å². The summed E-state index contributed by atoms with van der Waals surface area (Å²) in [5, 5.41) is 17.1. The SMILES string of the molecule is COc1cccc(CCNc2nncc(Nc3cccc(NC(C)=O)c3)n2)c1. The maximum Gasteiger partial charge on any atom is 0.244 e. The summed E-state index contributed by atoms with van der Waals surface area (Å²) >= 11 is 0. The van der Waals surface area contributed by atoms with Crippen molar-refractivity contribution >= 4 is 29.0 Å². The Morgan fingerprint density at radius 3 is 2.75 bits per heavy atom. The number of nitrogens with one attached hydrogen (secondary N) is 3. The van der Waals surface area contributed by atoms with Crippen LogP contribution in [0.15, 0.2) is 54.7 Å². The topological polar surface area (TPSA) is 101 Å². The van der Waals surface area contributed by atoms with Crippen molar-refractivity contribution in [3.8, 4) is 5.75 Å². The van der Waals surface area contributed by atoms with Crippen LogP contribution >= 0.6 is 0 Å². The van der Waals surface area contributed by atoms with E-state index < -0.39 is 0 Å². The zero-order valence-corrected chi connectivity index (χ0v) is 15.8. The first-order valence-corrected chi connectivity index (χ1v) is 8.83. The number of methoxy groups -OCH3 is 1. The van der Waals surface area contributed by atoms with Crippen LogP contribution < -0.4 is 20.7 Å². The van der Waals surface area contributed by atoms with E-state index in [0.29, 0.717) is 24.0 Å². The van der Waals surface area contributed by atoms with Crippen LogP contribution in [0.4, 0.5) is 23.1 Å². The van der Waals surface area contributed by atoms with Gasteiger partial charge in [0.05, 0.1) is 13.3 Å². The fraction of sp³-hybridized carbons (Fsp3) is 0.200. The summed E-state index contributed by atoms with van der Waals surface area (Å²) in [7, 11) is 1.65. The molecule has 0 atom stereocenters. The molecule has 1 aromatic heterocycles. The number of nitrogens with zero attached hydrogens (tertiary/aromatic N) is 3. The lowest BCUT2D eigenvalue weighted by Gasteiger charge is -2.09. The second-order valence-electron chi connectivity index (χ2n) is 6.08. The van der Waals surface area contributed by atoms with Gasteiger partial charge in [-0.05, 0) is 42.3 Å². The average molecular weight is 378 g/mol. The normalized spacial score (nSPS) is 10.2. The molecule has 0 aliphatic heterocycles. The van der Waals surface area contributed by atoms with Crippen molar-refractivity contribution in [3.63, 3.8) is 0 Å². The summed E-state index contributed by atoms with van der Waals surface area (Å²) in [5.41, 5.74) is 2.65. The molecule has 0 bridgehead atoms. The van der Waals surface area contributed by atoms with Gasteiger partial charge in [0.1, 0.15) is 5.75 Å². The van der Waals surface area contributed by atoms with E-state index in [1.54, 1.807) is 7.11 Å². The quantitative estimate of drug-likeness (QED) is 0.553. The van der Waals surface area contributed by atoms with Crippen LogP contribution in [0.25, 0.3) is 0 Å². The van der Waals surface area contributed by atoms with Gasteiger partial charge in [-0.3, -0.25) is 4.79 Å². The maximum atomic E-state index is 11.2. The Balaban J connectivity index is 1.58. The van der Waals surface area contributed by atoms with Crippen molar-refractivity contribution in [2.75, 3.05) is 29.6 Å². The van der Waals surface area contributed by atoms with Gasteiger partial charge in [-0.1, -0.05) is 18.2 Å². The first-order valence-electron chi connectivity index (χ1n) is 8.83. The molecule has 28 heavy (non-hydrogen) atoms. The highest BCUT2D eigenvalue weighted by Gasteiger charge is 2.03. The van der Waals surface area contributed by atoms with E-state index >= 15 is 0 Å². The van der Waals surface area contributed by atoms with Crippen molar-refractivity contribution in [2.45, 2.75) is 13.3 Å². The molecule has 144 valence electrons. The minimum Gasteiger partial charge on any atom is -0.497 e.